The van der Waals surface area contributed by atoms with E-state index >= 15 is 0 Å². The van der Waals surface area contributed by atoms with Crippen LogP contribution >= 0.6 is 11.3 Å². The number of thiazole rings is 1. The highest BCUT2D eigenvalue weighted by Gasteiger charge is 2.45. The molecule has 1 fully saturated rings. The summed E-state index contributed by atoms with van der Waals surface area (Å²) in [5.74, 6) is 0. The van der Waals surface area contributed by atoms with Gasteiger partial charge in [0.25, 0.3) is 0 Å². The van der Waals surface area contributed by atoms with Crippen molar-refractivity contribution in [2.24, 2.45) is 0 Å². The maximum Gasteiger partial charge on any atom is 0.321 e. The number of benzene rings is 1. The SMILES string of the molecule is O=C(Nc1nccs1)NC1(c2ccccc2)CC1. The lowest BCUT2D eigenvalue weighted by atomic mass is 10.1. The first kappa shape index (κ1) is 11.2. The number of nitrogens with one attached hydrogen (secondary N) is 2. The summed E-state index contributed by atoms with van der Waals surface area (Å²) in [5, 5.41) is 8.24. The minimum absolute atomic E-state index is 0.178. The molecule has 92 valence electrons. The van der Waals surface area contributed by atoms with Gasteiger partial charge in [0.15, 0.2) is 5.13 Å². The Morgan fingerprint density at radius 3 is 2.67 bits per heavy atom. The third-order valence-electron chi connectivity index (χ3n) is 3.08. The fourth-order valence-corrected chi connectivity index (χ4v) is 2.52. The first-order valence-electron chi connectivity index (χ1n) is 5.83. The molecule has 0 saturated heterocycles. The molecule has 3 rings (SSSR count). The van der Waals surface area contributed by atoms with Crippen LogP contribution in [0.25, 0.3) is 0 Å². The van der Waals surface area contributed by atoms with Gasteiger partial charge in [-0.1, -0.05) is 30.3 Å². The zero-order valence-electron chi connectivity index (χ0n) is 9.72. The highest BCUT2D eigenvalue weighted by atomic mass is 32.1. The Balaban J connectivity index is 1.68. The predicted octanol–water partition coefficient (Wildman–Crippen LogP) is 2.95. The van der Waals surface area contributed by atoms with Gasteiger partial charge in [-0.25, -0.2) is 9.78 Å². The maximum absolute atomic E-state index is 11.9. The van der Waals surface area contributed by atoms with Crippen molar-refractivity contribution in [2.75, 3.05) is 5.32 Å². The summed E-state index contributed by atoms with van der Waals surface area (Å²) >= 11 is 1.41. The van der Waals surface area contributed by atoms with Gasteiger partial charge in [-0.2, -0.15) is 0 Å². The van der Waals surface area contributed by atoms with Crippen LogP contribution in [-0.2, 0) is 5.54 Å². The van der Waals surface area contributed by atoms with E-state index in [0.29, 0.717) is 5.13 Å². The second kappa shape index (κ2) is 4.42. The molecular weight excluding hydrogens is 246 g/mol. The Morgan fingerprint density at radius 1 is 1.28 bits per heavy atom. The normalized spacial score (nSPS) is 16.0. The zero-order chi connectivity index (χ0) is 12.4. The average molecular weight is 259 g/mol. The summed E-state index contributed by atoms with van der Waals surface area (Å²) in [5.41, 5.74) is 0.988. The number of amides is 2. The van der Waals surface area contributed by atoms with Crippen LogP contribution in [0.3, 0.4) is 0 Å². The molecule has 1 heterocycles. The second-order valence-corrected chi connectivity index (χ2v) is 5.26. The van der Waals surface area contributed by atoms with Gasteiger partial charge >= 0.3 is 6.03 Å². The standard InChI is InChI=1S/C13H13N3OS/c17-11(15-12-14-8-9-18-12)16-13(6-7-13)10-4-2-1-3-5-10/h1-5,8-9H,6-7H2,(H2,14,15,16,17). The van der Waals surface area contributed by atoms with Crippen molar-refractivity contribution in [3.05, 3.63) is 47.5 Å². The molecule has 1 aromatic carbocycles. The number of carbonyl (C=O) groups excluding carboxylic acids is 1. The summed E-state index contributed by atoms with van der Waals surface area (Å²) in [6.45, 7) is 0. The van der Waals surface area contributed by atoms with Crippen molar-refractivity contribution in [2.45, 2.75) is 18.4 Å². The first-order chi connectivity index (χ1) is 8.78. The first-order valence-corrected chi connectivity index (χ1v) is 6.71. The van der Waals surface area contributed by atoms with Crippen LogP contribution in [-0.4, -0.2) is 11.0 Å². The molecule has 4 nitrogen and oxygen atoms in total. The van der Waals surface area contributed by atoms with E-state index in [2.05, 4.69) is 27.8 Å². The van der Waals surface area contributed by atoms with E-state index in [4.69, 9.17) is 0 Å². The van der Waals surface area contributed by atoms with Gasteiger partial charge < -0.3 is 5.32 Å². The van der Waals surface area contributed by atoms with Crippen LogP contribution in [0.2, 0.25) is 0 Å². The number of hydrogen-bond acceptors (Lipinski definition) is 3. The van der Waals surface area contributed by atoms with Crippen LogP contribution < -0.4 is 10.6 Å². The van der Waals surface area contributed by atoms with Crippen molar-refractivity contribution < 1.29 is 4.79 Å². The number of hydrogen-bond donors (Lipinski definition) is 2. The number of rotatable bonds is 3. The lowest BCUT2D eigenvalue weighted by molar-refractivity contribution is 0.247. The van der Waals surface area contributed by atoms with Gasteiger partial charge in [-0.05, 0) is 18.4 Å². The van der Waals surface area contributed by atoms with Crippen molar-refractivity contribution in [3.8, 4) is 0 Å². The van der Waals surface area contributed by atoms with Gasteiger partial charge in [0, 0.05) is 11.6 Å². The molecule has 0 bridgehead atoms. The quantitative estimate of drug-likeness (QED) is 0.890. The molecule has 2 aromatic rings. The fourth-order valence-electron chi connectivity index (χ4n) is 2.00. The van der Waals surface area contributed by atoms with Crippen LogP contribution in [0.4, 0.5) is 9.93 Å². The molecule has 1 saturated carbocycles. The third kappa shape index (κ3) is 2.22. The Hall–Kier alpha value is -1.88. The van der Waals surface area contributed by atoms with Crippen LogP contribution in [0.5, 0.6) is 0 Å². The maximum atomic E-state index is 11.9. The minimum Gasteiger partial charge on any atom is -0.328 e. The Bertz CT molecular complexity index is 535. The van der Waals surface area contributed by atoms with Crippen LogP contribution in [0.15, 0.2) is 41.9 Å². The highest BCUT2D eigenvalue weighted by Crippen LogP contribution is 2.45. The zero-order valence-corrected chi connectivity index (χ0v) is 10.5. The molecule has 0 radical (unpaired) electrons. The number of carbonyl (C=O) groups is 1. The molecule has 2 N–H and O–H groups in total. The van der Waals surface area contributed by atoms with E-state index < -0.39 is 0 Å². The Labute approximate surface area is 109 Å². The van der Waals surface area contributed by atoms with Gasteiger partial charge in [0.2, 0.25) is 0 Å². The minimum atomic E-state index is -0.189. The van der Waals surface area contributed by atoms with E-state index in [1.165, 1.54) is 16.9 Å². The summed E-state index contributed by atoms with van der Waals surface area (Å²) < 4.78 is 0. The van der Waals surface area contributed by atoms with E-state index in [0.717, 1.165) is 12.8 Å². The van der Waals surface area contributed by atoms with Gasteiger partial charge in [0.05, 0.1) is 5.54 Å². The van der Waals surface area contributed by atoms with Crippen molar-refractivity contribution in [1.82, 2.24) is 10.3 Å². The summed E-state index contributed by atoms with van der Waals surface area (Å²) in [6.07, 6.45) is 3.65. The highest BCUT2D eigenvalue weighted by molar-refractivity contribution is 7.13. The Kier molecular flexibility index (Phi) is 2.76. The smallest absolute Gasteiger partial charge is 0.321 e. The van der Waals surface area contributed by atoms with Crippen LogP contribution in [0, 0.1) is 0 Å². The van der Waals surface area contributed by atoms with E-state index in [9.17, 15) is 4.79 Å². The molecule has 1 aliphatic rings. The average Bonchev–Trinajstić information content (AvgIpc) is 2.98. The molecular formula is C13H13N3OS. The summed E-state index contributed by atoms with van der Waals surface area (Å²) in [4.78, 5) is 15.9. The van der Waals surface area contributed by atoms with Crippen molar-refractivity contribution >= 4 is 22.5 Å². The molecule has 2 amide bonds. The molecule has 0 spiro atoms. The van der Waals surface area contributed by atoms with Crippen LogP contribution in [0.1, 0.15) is 18.4 Å². The molecule has 18 heavy (non-hydrogen) atoms. The number of aromatic nitrogens is 1. The molecule has 0 unspecified atom stereocenters. The van der Waals surface area contributed by atoms with Gasteiger partial charge in [0.1, 0.15) is 0 Å². The van der Waals surface area contributed by atoms with Gasteiger partial charge in [-0.15, -0.1) is 11.3 Å². The lowest BCUT2D eigenvalue weighted by Gasteiger charge is -2.17. The summed E-state index contributed by atoms with van der Waals surface area (Å²) in [6, 6.07) is 9.89. The predicted molar refractivity (Wildman–Crippen MR) is 71.6 cm³/mol. The molecule has 1 aliphatic carbocycles. The molecule has 0 atom stereocenters. The number of urea groups is 1. The molecule has 0 aliphatic heterocycles. The van der Waals surface area contributed by atoms with E-state index in [-0.39, 0.29) is 11.6 Å². The third-order valence-corrected chi connectivity index (χ3v) is 3.77. The topological polar surface area (TPSA) is 54.0 Å². The molecule has 5 heteroatoms. The van der Waals surface area contributed by atoms with Crippen molar-refractivity contribution in [1.29, 1.82) is 0 Å². The van der Waals surface area contributed by atoms with E-state index in [1.807, 2.05) is 23.6 Å². The largest absolute Gasteiger partial charge is 0.328 e. The Morgan fingerprint density at radius 2 is 2.06 bits per heavy atom. The fraction of sp³-hybridized carbons (Fsp3) is 0.231. The lowest BCUT2D eigenvalue weighted by Crippen LogP contribution is -2.37. The number of nitrogens with zero attached hydrogens (tertiary/aromatic N) is 1. The van der Waals surface area contributed by atoms with Gasteiger partial charge in [-0.3, -0.25) is 5.32 Å². The number of anilines is 1. The van der Waals surface area contributed by atoms with Crippen molar-refractivity contribution in [3.63, 3.8) is 0 Å². The second-order valence-electron chi connectivity index (χ2n) is 4.36. The summed E-state index contributed by atoms with van der Waals surface area (Å²) in [7, 11) is 0. The monoisotopic (exact) mass is 259 g/mol. The molecule has 1 aromatic heterocycles. The van der Waals surface area contributed by atoms with E-state index in [1.54, 1.807) is 6.20 Å².